The van der Waals surface area contributed by atoms with Crippen molar-refractivity contribution in [2.24, 2.45) is 11.3 Å². The average molecular weight is 353 g/mol. The lowest BCUT2D eigenvalue weighted by atomic mass is 9.83. The van der Waals surface area contributed by atoms with E-state index in [0.717, 1.165) is 24.9 Å². The molecule has 5 nitrogen and oxygen atoms in total. The van der Waals surface area contributed by atoms with Gasteiger partial charge in [0.2, 0.25) is 0 Å². The van der Waals surface area contributed by atoms with Crippen LogP contribution in [0.1, 0.15) is 57.9 Å². The molecule has 1 unspecified atom stereocenters. The Labute approximate surface area is 149 Å². The first kappa shape index (κ1) is 20.5. The molecule has 1 amide bonds. The van der Waals surface area contributed by atoms with E-state index in [1.165, 1.54) is 6.92 Å². The average Bonchev–Trinajstić information content (AvgIpc) is 2.45. The molecule has 0 aliphatic carbocycles. The second kappa shape index (κ2) is 9.67. The molecule has 1 heterocycles. The Morgan fingerprint density at radius 2 is 2.04 bits per heavy atom. The number of hydrogen-bond donors (Lipinski definition) is 1. The second-order valence-electron chi connectivity index (χ2n) is 7.35. The predicted octanol–water partition coefficient (Wildman–Crippen LogP) is 3.85. The Balaban J connectivity index is 2.66. The zero-order chi connectivity index (χ0) is 18.2. The molecule has 0 bridgehead atoms. The first-order chi connectivity index (χ1) is 11.2. The highest BCUT2D eigenvalue weighted by Gasteiger charge is 2.22. The molecule has 6 heteroatoms. The van der Waals surface area contributed by atoms with Gasteiger partial charge >= 0.3 is 5.97 Å². The monoisotopic (exact) mass is 352 g/mol. The summed E-state index contributed by atoms with van der Waals surface area (Å²) < 4.78 is 4.95. The van der Waals surface area contributed by atoms with E-state index in [9.17, 15) is 9.59 Å². The standard InChI is InChI=1S/C18H28N2O3S/c1-13(11-18(3,4)5)10-15(12-24-23-14(2)21)20-17(22)16-8-6-7-9-19-16/h6-9,13,15H,10-12H2,1-5H3,(H,20,22)/t13?,15-/m0/s1. The quantitative estimate of drug-likeness (QED) is 0.720. The van der Waals surface area contributed by atoms with Crippen LogP contribution in [0.2, 0.25) is 0 Å². The van der Waals surface area contributed by atoms with Gasteiger partial charge in [0.1, 0.15) is 5.69 Å². The lowest BCUT2D eigenvalue weighted by molar-refractivity contribution is -0.130. The van der Waals surface area contributed by atoms with Crippen LogP contribution >= 0.6 is 12.0 Å². The fourth-order valence-corrected chi connectivity index (χ4v) is 3.36. The molecule has 0 saturated heterocycles. The van der Waals surface area contributed by atoms with Crippen LogP contribution in [0.3, 0.4) is 0 Å². The molecule has 1 rings (SSSR count). The molecule has 0 aliphatic rings. The minimum absolute atomic E-state index is 0.0822. The van der Waals surface area contributed by atoms with E-state index in [1.54, 1.807) is 24.4 Å². The summed E-state index contributed by atoms with van der Waals surface area (Å²) in [5.74, 6) is 0.425. The number of amides is 1. The van der Waals surface area contributed by atoms with Crippen molar-refractivity contribution in [1.82, 2.24) is 10.3 Å². The summed E-state index contributed by atoms with van der Waals surface area (Å²) >= 11 is 1.08. The van der Waals surface area contributed by atoms with Crippen LogP contribution in [-0.4, -0.2) is 28.7 Å². The van der Waals surface area contributed by atoms with Gasteiger partial charge in [0.05, 0.1) is 17.8 Å². The maximum Gasteiger partial charge on any atom is 0.314 e. The molecule has 134 valence electrons. The first-order valence-electron chi connectivity index (χ1n) is 8.19. The number of nitrogens with zero attached hydrogens (tertiary/aromatic N) is 1. The van der Waals surface area contributed by atoms with Crippen LogP contribution in [0.15, 0.2) is 24.4 Å². The molecule has 2 atom stereocenters. The van der Waals surface area contributed by atoms with E-state index in [2.05, 4.69) is 38.0 Å². The molecule has 0 spiro atoms. The van der Waals surface area contributed by atoms with Gasteiger partial charge in [-0.15, -0.1) is 0 Å². The highest BCUT2D eigenvalue weighted by molar-refractivity contribution is 7.95. The van der Waals surface area contributed by atoms with Crippen LogP contribution < -0.4 is 5.32 Å². The number of aromatic nitrogens is 1. The van der Waals surface area contributed by atoms with Crippen LogP contribution in [0.4, 0.5) is 0 Å². The zero-order valence-electron chi connectivity index (χ0n) is 15.2. The van der Waals surface area contributed by atoms with E-state index in [1.807, 2.05) is 0 Å². The van der Waals surface area contributed by atoms with E-state index in [-0.39, 0.29) is 23.3 Å². The number of carbonyl (C=O) groups is 2. The number of pyridine rings is 1. The van der Waals surface area contributed by atoms with Crippen molar-refractivity contribution in [3.63, 3.8) is 0 Å². The van der Waals surface area contributed by atoms with Crippen LogP contribution in [-0.2, 0) is 8.98 Å². The Bertz CT molecular complexity index is 529. The van der Waals surface area contributed by atoms with Crippen molar-refractivity contribution in [1.29, 1.82) is 0 Å². The number of hydrogen-bond acceptors (Lipinski definition) is 5. The van der Waals surface area contributed by atoms with Gasteiger partial charge < -0.3 is 9.50 Å². The number of carbonyl (C=O) groups excluding carboxylic acids is 2. The normalized spacial score (nSPS) is 13.9. The summed E-state index contributed by atoms with van der Waals surface area (Å²) in [5.41, 5.74) is 0.626. The van der Waals surface area contributed by atoms with Gasteiger partial charge in [0, 0.05) is 19.2 Å². The fourth-order valence-electron chi connectivity index (χ4n) is 2.74. The van der Waals surface area contributed by atoms with Crippen molar-refractivity contribution in [3.8, 4) is 0 Å². The Morgan fingerprint density at radius 1 is 1.33 bits per heavy atom. The lowest BCUT2D eigenvalue weighted by Gasteiger charge is -2.27. The van der Waals surface area contributed by atoms with Gasteiger partial charge in [0.25, 0.3) is 5.91 Å². The van der Waals surface area contributed by atoms with Crippen molar-refractivity contribution in [3.05, 3.63) is 30.1 Å². The molecule has 0 radical (unpaired) electrons. The third-order valence-corrected chi connectivity index (χ3v) is 4.22. The van der Waals surface area contributed by atoms with Gasteiger partial charge in [0.15, 0.2) is 0 Å². The fraction of sp³-hybridized carbons (Fsp3) is 0.611. The Morgan fingerprint density at radius 3 is 2.58 bits per heavy atom. The van der Waals surface area contributed by atoms with Crippen molar-refractivity contribution >= 4 is 23.9 Å². The summed E-state index contributed by atoms with van der Waals surface area (Å²) in [6.45, 7) is 10.2. The molecule has 1 aromatic heterocycles. The summed E-state index contributed by atoms with van der Waals surface area (Å²) in [5, 5.41) is 3.01. The van der Waals surface area contributed by atoms with Crippen LogP contribution in [0.25, 0.3) is 0 Å². The molecule has 0 saturated carbocycles. The minimum atomic E-state index is -0.336. The topological polar surface area (TPSA) is 68.3 Å². The molecule has 0 aromatic carbocycles. The zero-order valence-corrected chi connectivity index (χ0v) is 16.0. The maximum absolute atomic E-state index is 12.3. The van der Waals surface area contributed by atoms with Crippen LogP contribution in [0, 0.1) is 11.3 Å². The first-order valence-corrected chi connectivity index (χ1v) is 9.10. The molecular formula is C18H28N2O3S. The summed E-state index contributed by atoms with van der Waals surface area (Å²) in [6, 6.07) is 5.16. The van der Waals surface area contributed by atoms with Gasteiger partial charge in [-0.1, -0.05) is 33.8 Å². The summed E-state index contributed by atoms with van der Waals surface area (Å²) in [6.07, 6.45) is 3.48. The van der Waals surface area contributed by atoms with Gasteiger partial charge in [-0.05, 0) is 36.3 Å². The third-order valence-electron chi connectivity index (χ3n) is 3.33. The molecule has 1 N–H and O–H groups in total. The largest absolute Gasteiger partial charge is 0.391 e. The molecule has 24 heavy (non-hydrogen) atoms. The number of rotatable bonds is 8. The van der Waals surface area contributed by atoms with Crippen molar-refractivity contribution < 1.29 is 13.8 Å². The smallest absolute Gasteiger partial charge is 0.314 e. The Kier molecular flexibility index (Phi) is 8.25. The van der Waals surface area contributed by atoms with Gasteiger partial charge in [-0.25, -0.2) is 0 Å². The van der Waals surface area contributed by atoms with Crippen molar-refractivity contribution in [2.75, 3.05) is 5.75 Å². The minimum Gasteiger partial charge on any atom is -0.391 e. The maximum atomic E-state index is 12.3. The SMILES string of the molecule is CC(=O)OSC[C@H](CC(C)CC(C)(C)C)NC(=O)c1ccccn1. The van der Waals surface area contributed by atoms with E-state index in [4.69, 9.17) is 4.18 Å². The molecular weight excluding hydrogens is 324 g/mol. The molecule has 0 aliphatic heterocycles. The summed E-state index contributed by atoms with van der Waals surface area (Å²) in [7, 11) is 0. The second-order valence-corrected chi connectivity index (χ2v) is 8.09. The highest BCUT2D eigenvalue weighted by atomic mass is 32.2. The predicted molar refractivity (Wildman–Crippen MR) is 97.6 cm³/mol. The van der Waals surface area contributed by atoms with Crippen molar-refractivity contribution in [2.45, 2.75) is 53.5 Å². The van der Waals surface area contributed by atoms with Gasteiger partial charge in [-0.2, -0.15) is 0 Å². The number of nitrogens with one attached hydrogen (secondary N) is 1. The lowest BCUT2D eigenvalue weighted by Crippen LogP contribution is -2.38. The summed E-state index contributed by atoms with van der Waals surface area (Å²) in [4.78, 5) is 27.3. The highest BCUT2D eigenvalue weighted by Crippen LogP contribution is 2.27. The van der Waals surface area contributed by atoms with E-state index in [0.29, 0.717) is 17.4 Å². The van der Waals surface area contributed by atoms with E-state index >= 15 is 0 Å². The van der Waals surface area contributed by atoms with Crippen LogP contribution in [0.5, 0.6) is 0 Å². The third kappa shape index (κ3) is 8.91. The Hall–Kier alpha value is -1.56. The molecule has 1 aromatic rings. The molecule has 0 fully saturated rings. The van der Waals surface area contributed by atoms with Gasteiger partial charge in [-0.3, -0.25) is 14.6 Å². The van der Waals surface area contributed by atoms with E-state index < -0.39 is 0 Å².